The molecule has 1 N–H and O–H groups in total. The summed E-state index contributed by atoms with van der Waals surface area (Å²) in [5, 5.41) is 8.84. The van der Waals surface area contributed by atoms with Crippen molar-refractivity contribution in [2.45, 2.75) is 37.1 Å². The summed E-state index contributed by atoms with van der Waals surface area (Å²) in [6, 6.07) is 6.20. The minimum Gasteiger partial charge on any atom is -0.481 e. The van der Waals surface area contributed by atoms with Crippen LogP contribution in [0.25, 0.3) is 0 Å². The van der Waals surface area contributed by atoms with E-state index >= 15 is 0 Å². The highest BCUT2D eigenvalue weighted by Crippen LogP contribution is 2.27. The molecule has 0 bridgehead atoms. The second-order valence-electron chi connectivity index (χ2n) is 4.82. The lowest BCUT2D eigenvalue weighted by Gasteiger charge is -2.22. The molecule has 6 heteroatoms. The van der Waals surface area contributed by atoms with Crippen LogP contribution in [0, 0.1) is 6.92 Å². The number of aryl methyl sites for hydroxylation is 1. The molecule has 104 valence electrons. The average molecular weight is 283 g/mol. The Hall–Kier alpha value is -1.40. The molecule has 5 nitrogen and oxygen atoms in total. The predicted octanol–water partition coefficient (Wildman–Crippen LogP) is 1.62. The van der Waals surface area contributed by atoms with Crippen LogP contribution < -0.4 is 0 Å². The average Bonchev–Trinajstić information content (AvgIpc) is 2.77. The standard InChI is InChI=1S/C13H17NO4S/c1-10-4-6-12(7-5-10)19(17,18)14-8-2-3-11(14)9-13(15)16/h4-7,11H,2-3,8-9H2,1H3,(H,15,16)/t11-/m0/s1. The van der Waals surface area contributed by atoms with Crippen LogP contribution in [-0.2, 0) is 14.8 Å². The third kappa shape index (κ3) is 2.96. The Morgan fingerprint density at radius 1 is 1.37 bits per heavy atom. The zero-order valence-corrected chi connectivity index (χ0v) is 11.6. The van der Waals surface area contributed by atoms with Crippen LogP contribution in [0.1, 0.15) is 24.8 Å². The van der Waals surface area contributed by atoms with Crippen molar-refractivity contribution in [1.29, 1.82) is 0 Å². The van der Waals surface area contributed by atoms with Crippen molar-refractivity contribution in [3.05, 3.63) is 29.8 Å². The first-order valence-corrected chi connectivity index (χ1v) is 7.65. The summed E-state index contributed by atoms with van der Waals surface area (Å²) in [5.41, 5.74) is 0.988. The quantitative estimate of drug-likeness (QED) is 0.911. The number of hydrogen-bond donors (Lipinski definition) is 1. The van der Waals surface area contributed by atoms with E-state index in [1.165, 1.54) is 4.31 Å². The fraction of sp³-hybridized carbons (Fsp3) is 0.462. The normalized spacial score (nSPS) is 20.6. The van der Waals surface area contributed by atoms with Gasteiger partial charge in [-0.2, -0.15) is 4.31 Å². The second kappa shape index (κ2) is 5.30. The van der Waals surface area contributed by atoms with E-state index in [0.717, 1.165) is 5.56 Å². The van der Waals surface area contributed by atoms with Crippen molar-refractivity contribution < 1.29 is 18.3 Å². The molecule has 1 heterocycles. The number of carboxylic acids is 1. The Morgan fingerprint density at radius 2 is 2.00 bits per heavy atom. The van der Waals surface area contributed by atoms with Crippen LogP contribution in [0.4, 0.5) is 0 Å². The van der Waals surface area contributed by atoms with Crippen molar-refractivity contribution in [3.8, 4) is 0 Å². The van der Waals surface area contributed by atoms with E-state index in [9.17, 15) is 13.2 Å². The van der Waals surface area contributed by atoms with E-state index in [2.05, 4.69) is 0 Å². The highest BCUT2D eigenvalue weighted by Gasteiger charge is 2.36. The molecule has 0 unspecified atom stereocenters. The maximum Gasteiger partial charge on any atom is 0.304 e. The number of benzene rings is 1. The maximum absolute atomic E-state index is 12.5. The smallest absolute Gasteiger partial charge is 0.304 e. The van der Waals surface area contributed by atoms with Gasteiger partial charge in [-0.1, -0.05) is 17.7 Å². The summed E-state index contributed by atoms with van der Waals surface area (Å²) in [6.45, 7) is 2.29. The van der Waals surface area contributed by atoms with Crippen LogP contribution in [0.5, 0.6) is 0 Å². The summed E-state index contributed by atoms with van der Waals surface area (Å²) >= 11 is 0. The molecule has 2 rings (SSSR count). The number of aliphatic carboxylic acids is 1. The highest BCUT2D eigenvalue weighted by atomic mass is 32.2. The van der Waals surface area contributed by atoms with E-state index in [-0.39, 0.29) is 11.3 Å². The first kappa shape index (κ1) is 14.0. The van der Waals surface area contributed by atoms with Gasteiger partial charge in [-0.3, -0.25) is 4.79 Å². The minimum absolute atomic E-state index is 0.134. The molecule has 1 aliphatic rings. The number of hydrogen-bond acceptors (Lipinski definition) is 3. The summed E-state index contributed by atoms with van der Waals surface area (Å²) < 4.78 is 26.3. The molecular formula is C13H17NO4S. The minimum atomic E-state index is -3.58. The Labute approximate surface area is 112 Å². The zero-order chi connectivity index (χ0) is 14.0. The van der Waals surface area contributed by atoms with Gasteiger partial charge in [0.15, 0.2) is 0 Å². The van der Waals surface area contributed by atoms with E-state index in [4.69, 9.17) is 5.11 Å². The van der Waals surface area contributed by atoms with Crippen LogP contribution >= 0.6 is 0 Å². The van der Waals surface area contributed by atoms with Crippen molar-refractivity contribution >= 4 is 16.0 Å². The molecule has 19 heavy (non-hydrogen) atoms. The van der Waals surface area contributed by atoms with Gasteiger partial charge in [0.2, 0.25) is 10.0 Å². The maximum atomic E-state index is 12.5. The lowest BCUT2D eigenvalue weighted by Crippen LogP contribution is -2.36. The fourth-order valence-corrected chi connectivity index (χ4v) is 4.07. The molecule has 1 aromatic carbocycles. The molecule has 1 atom stereocenters. The number of carbonyl (C=O) groups is 1. The third-order valence-electron chi connectivity index (χ3n) is 3.36. The van der Waals surface area contributed by atoms with E-state index in [1.807, 2.05) is 6.92 Å². The molecule has 1 aromatic rings. The molecule has 1 saturated heterocycles. The number of rotatable bonds is 4. The van der Waals surface area contributed by atoms with Crippen LogP contribution in [0.2, 0.25) is 0 Å². The van der Waals surface area contributed by atoms with E-state index < -0.39 is 22.0 Å². The molecule has 1 fully saturated rings. The molecule has 1 aliphatic heterocycles. The molecule has 0 radical (unpaired) electrons. The zero-order valence-electron chi connectivity index (χ0n) is 10.7. The Balaban J connectivity index is 2.28. The first-order chi connectivity index (χ1) is 8.91. The Bertz CT molecular complexity index is 565. The van der Waals surface area contributed by atoms with Crippen molar-refractivity contribution in [2.75, 3.05) is 6.54 Å². The predicted molar refractivity (Wildman–Crippen MR) is 70.3 cm³/mol. The van der Waals surface area contributed by atoms with Gasteiger partial charge < -0.3 is 5.11 Å². The van der Waals surface area contributed by atoms with Gasteiger partial charge in [-0.05, 0) is 31.9 Å². The van der Waals surface area contributed by atoms with Gasteiger partial charge in [-0.25, -0.2) is 8.42 Å². The number of sulfonamides is 1. The lowest BCUT2D eigenvalue weighted by molar-refractivity contribution is -0.137. The Kier molecular flexibility index (Phi) is 3.91. The van der Waals surface area contributed by atoms with Gasteiger partial charge in [0, 0.05) is 12.6 Å². The first-order valence-electron chi connectivity index (χ1n) is 6.21. The highest BCUT2D eigenvalue weighted by molar-refractivity contribution is 7.89. The van der Waals surface area contributed by atoms with E-state index in [1.54, 1.807) is 24.3 Å². The summed E-state index contributed by atoms with van der Waals surface area (Å²) in [4.78, 5) is 11.0. The summed E-state index contributed by atoms with van der Waals surface area (Å²) in [7, 11) is -3.58. The van der Waals surface area contributed by atoms with Crippen LogP contribution in [0.15, 0.2) is 29.2 Å². The summed E-state index contributed by atoms with van der Waals surface area (Å²) in [5.74, 6) is -0.962. The van der Waals surface area contributed by atoms with Gasteiger partial charge in [-0.15, -0.1) is 0 Å². The lowest BCUT2D eigenvalue weighted by atomic mass is 10.2. The molecule has 0 aromatic heterocycles. The van der Waals surface area contributed by atoms with Crippen molar-refractivity contribution in [2.24, 2.45) is 0 Å². The van der Waals surface area contributed by atoms with Gasteiger partial charge in [0.05, 0.1) is 11.3 Å². The fourth-order valence-electron chi connectivity index (χ4n) is 2.38. The van der Waals surface area contributed by atoms with Crippen LogP contribution in [0.3, 0.4) is 0 Å². The van der Waals surface area contributed by atoms with Gasteiger partial charge in [0.25, 0.3) is 0 Å². The molecule has 0 spiro atoms. The number of carboxylic acid groups (broad SMARTS) is 1. The van der Waals surface area contributed by atoms with Gasteiger partial charge >= 0.3 is 5.97 Å². The number of nitrogens with zero attached hydrogens (tertiary/aromatic N) is 1. The summed E-state index contributed by atoms with van der Waals surface area (Å²) in [6.07, 6.45) is 1.19. The molecule has 0 saturated carbocycles. The molecule has 0 aliphatic carbocycles. The monoisotopic (exact) mass is 283 g/mol. The molecule has 0 amide bonds. The van der Waals surface area contributed by atoms with E-state index in [0.29, 0.717) is 19.4 Å². The third-order valence-corrected chi connectivity index (χ3v) is 5.33. The van der Waals surface area contributed by atoms with Crippen LogP contribution in [-0.4, -0.2) is 36.4 Å². The van der Waals surface area contributed by atoms with Crippen molar-refractivity contribution in [1.82, 2.24) is 4.31 Å². The Morgan fingerprint density at radius 3 is 2.58 bits per heavy atom. The van der Waals surface area contributed by atoms with Gasteiger partial charge in [0.1, 0.15) is 0 Å². The van der Waals surface area contributed by atoms with Crippen molar-refractivity contribution in [3.63, 3.8) is 0 Å². The molecular weight excluding hydrogens is 266 g/mol. The topological polar surface area (TPSA) is 74.7 Å². The SMILES string of the molecule is Cc1ccc(S(=O)(=O)N2CCC[C@H]2CC(=O)O)cc1. The largest absolute Gasteiger partial charge is 0.481 e. The second-order valence-corrected chi connectivity index (χ2v) is 6.71.